The normalized spacial score (nSPS) is 26.9. The van der Waals surface area contributed by atoms with Crippen molar-refractivity contribution < 1.29 is 0 Å². The van der Waals surface area contributed by atoms with Gasteiger partial charge < -0.3 is 5.32 Å². The number of nitrogens with one attached hydrogen (secondary N) is 1. The second kappa shape index (κ2) is 7.20. The van der Waals surface area contributed by atoms with Crippen LogP contribution in [0.3, 0.4) is 0 Å². The molecule has 0 amide bonds. The van der Waals surface area contributed by atoms with Gasteiger partial charge in [0.15, 0.2) is 0 Å². The summed E-state index contributed by atoms with van der Waals surface area (Å²) in [6, 6.07) is 0.609. The van der Waals surface area contributed by atoms with E-state index in [0.29, 0.717) is 6.04 Å². The van der Waals surface area contributed by atoms with E-state index in [1.54, 1.807) is 0 Å². The van der Waals surface area contributed by atoms with Gasteiger partial charge in [-0.05, 0) is 63.8 Å². The Kier molecular flexibility index (Phi) is 6.26. The molecule has 0 bridgehead atoms. The molecule has 17 heavy (non-hydrogen) atoms. The lowest BCUT2D eigenvalue weighted by Crippen LogP contribution is -2.37. The van der Waals surface area contributed by atoms with Crippen LogP contribution in [-0.4, -0.2) is 12.6 Å². The van der Waals surface area contributed by atoms with Crippen LogP contribution in [0.15, 0.2) is 11.6 Å². The summed E-state index contributed by atoms with van der Waals surface area (Å²) in [5, 5.41) is 3.65. The molecule has 100 valence electrons. The minimum absolute atomic E-state index is 0.609. The summed E-state index contributed by atoms with van der Waals surface area (Å²) in [6.07, 6.45) is 8.11. The van der Waals surface area contributed by atoms with Gasteiger partial charge in [-0.25, -0.2) is 0 Å². The van der Waals surface area contributed by atoms with Gasteiger partial charge in [0.2, 0.25) is 0 Å². The average Bonchev–Trinajstić information content (AvgIpc) is 2.28. The Bertz CT molecular complexity index is 230. The van der Waals surface area contributed by atoms with Gasteiger partial charge >= 0.3 is 0 Å². The summed E-state index contributed by atoms with van der Waals surface area (Å²) in [6.45, 7) is 12.5. The molecule has 1 unspecified atom stereocenters. The summed E-state index contributed by atoms with van der Waals surface area (Å²) < 4.78 is 0. The number of rotatable bonds is 5. The van der Waals surface area contributed by atoms with E-state index in [9.17, 15) is 0 Å². The first-order valence-electron chi connectivity index (χ1n) is 7.43. The summed E-state index contributed by atoms with van der Waals surface area (Å²) in [7, 11) is 0. The Morgan fingerprint density at radius 2 is 1.65 bits per heavy atom. The highest BCUT2D eigenvalue weighted by atomic mass is 14.9. The van der Waals surface area contributed by atoms with Crippen LogP contribution in [0.2, 0.25) is 0 Å². The molecule has 0 heterocycles. The Morgan fingerprint density at radius 1 is 1.12 bits per heavy atom. The highest BCUT2D eigenvalue weighted by Gasteiger charge is 2.27. The van der Waals surface area contributed by atoms with Gasteiger partial charge in [0.1, 0.15) is 0 Å². The zero-order chi connectivity index (χ0) is 12.8. The third kappa shape index (κ3) is 4.83. The fourth-order valence-corrected chi connectivity index (χ4v) is 3.13. The molecule has 0 saturated heterocycles. The number of hydrogen-bond acceptors (Lipinski definition) is 1. The highest BCUT2D eigenvalue weighted by molar-refractivity contribution is 5.04. The van der Waals surface area contributed by atoms with Crippen molar-refractivity contribution in [1.29, 1.82) is 0 Å². The summed E-state index contributed by atoms with van der Waals surface area (Å²) in [5.74, 6) is 2.71. The van der Waals surface area contributed by atoms with E-state index in [1.807, 2.05) is 0 Å². The monoisotopic (exact) mass is 237 g/mol. The topological polar surface area (TPSA) is 12.0 Å². The van der Waals surface area contributed by atoms with Crippen LogP contribution in [0.4, 0.5) is 0 Å². The lowest BCUT2D eigenvalue weighted by Gasteiger charge is -2.35. The molecule has 0 aromatic heterocycles. The van der Waals surface area contributed by atoms with Crippen LogP contribution in [0.1, 0.15) is 60.3 Å². The van der Waals surface area contributed by atoms with Crippen LogP contribution in [0.5, 0.6) is 0 Å². The van der Waals surface area contributed by atoms with E-state index in [1.165, 1.54) is 31.3 Å². The Balaban J connectivity index is 2.51. The van der Waals surface area contributed by atoms with Gasteiger partial charge in [-0.1, -0.05) is 32.4 Å². The van der Waals surface area contributed by atoms with Gasteiger partial charge in [0.05, 0.1) is 0 Å². The summed E-state index contributed by atoms with van der Waals surface area (Å²) in [5.41, 5.74) is 1.45. The first-order valence-corrected chi connectivity index (χ1v) is 7.43. The van der Waals surface area contributed by atoms with Crippen LogP contribution < -0.4 is 5.32 Å². The molecule has 1 saturated carbocycles. The van der Waals surface area contributed by atoms with Crippen molar-refractivity contribution in [2.75, 3.05) is 6.54 Å². The molecule has 1 aliphatic carbocycles. The van der Waals surface area contributed by atoms with Gasteiger partial charge in [-0.15, -0.1) is 0 Å². The average molecular weight is 237 g/mol. The predicted molar refractivity (Wildman–Crippen MR) is 77.2 cm³/mol. The maximum atomic E-state index is 3.65. The van der Waals surface area contributed by atoms with Crippen LogP contribution in [-0.2, 0) is 0 Å². The molecule has 0 radical (unpaired) electrons. The number of allylic oxidation sites excluding steroid dienone is 1. The van der Waals surface area contributed by atoms with Crippen molar-refractivity contribution in [3.8, 4) is 0 Å². The highest BCUT2D eigenvalue weighted by Crippen LogP contribution is 2.35. The Hall–Kier alpha value is -0.300. The largest absolute Gasteiger partial charge is 0.311 e. The zero-order valence-corrected chi connectivity index (χ0v) is 12.4. The minimum atomic E-state index is 0.609. The third-order valence-electron chi connectivity index (χ3n) is 4.22. The third-order valence-corrected chi connectivity index (χ3v) is 4.22. The molecule has 1 rings (SSSR count). The van der Waals surface area contributed by atoms with Crippen LogP contribution in [0, 0.1) is 17.8 Å². The molecule has 0 aromatic carbocycles. The van der Waals surface area contributed by atoms with E-state index in [2.05, 4.69) is 46.0 Å². The summed E-state index contributed by atoms with van der Waals surface area (Å²) >= 11 is 0. The van der Waals surface area contributed by atoms with Crippen molar-refractivity contribution in [2.45, 2.75) is 66.3 Å². The van der Waals surface area contributed by atoms with Gasteiger partial charge in [0, 0.05) is 6.04 Å². The van der Waals surface area contributed by atoms with E-state index >= 15 is 0 Å². The predicted octanol–water partition coefficient (Wildman–Crippen LogP) is 4.39. The quantitative estimate of drug-likeness (QED) is 0.699. The molecule has 1 N–H and O–H groups in total. The standard InChI is InChI=1S/C16H31N/c1-6-17-16(11-12(2)3)15-9-7-14(8-10-15)13(4)5/h11,13-17H,6-10H2,1-5H3. The molecular formula is C16H31N. The van der Waals surface area contributed by atoms with Crippen molar-refractivity contribution in [1.82, 2.24) is 5.32 Å². The first-order chi connectivity index (χ1) is 8.04. The second-order valence-electron chi connectivity index (χ2n) is 6.25. The Labute approximate surface area is 108 Å². The first kappa shape index (κ1) is 14.8. The number of likely N-dealkylation sites (N-methyl/N-ethyl adjacent to an activating group) is 1. The molecular weight excluding hydrogens is 206 g/mol. The molecule has 1 nitrogen and oxygen atoms in total. The van der Waals surface area contributed by atoms with E-state index < -0.39 is 0 Å². The smallest absolute Gasteiger partial charge is 0.0280 e. The van der Waals surface area contributed by atoms with Gasteiger partial charge in [-0.2, -0.15) is 0 Å². The SMILES string of the molecule is CCNC(C=C(C)C)C1CCC(C(C)C)CC1. The Morgan fingerprint density at radius 3 is 2.06 bits per heavy atom. The molecule has 1 aliphatic rings. The fraction of sp³-hybridized carbons (Fsp3) is 0.875. The van der Waals surface area contributed by atoms with Crippen molar-refractivity contribution in [3.63, 3.8) is 0 Å². The minimum Gasteiger partial charge on any atom is -0.311 e. The van der Waals surface area contributed by atoms with Gasteiger partial charge in [-0.3, -0.25) is 0 Å². The molecule has 1 atom stereocenters. The van der Waals surface area contributed by atoms with Crippen LogP contribution >= 0.6 is 0 Å². The van der Waals surface area contributed by atoms with Gasteiger partial charge in [0.25, 0.3) is 0 Å². The van der Waals surface area contributed by atoms with E-state index in [-0.39, 0.29) is 0 Å². The maximum Gasteiger partial charge on any atom is 0.0280 e. The zero-order valence-electron chi connectivity index (χ0n) is 12.4. The van der Waals surface area contributed by atoms with E-state index in [0.717, 1.165) is 24.3 Å². The fourth-order valence-electron chi connectivity index (χ4n) is 3.13. The molecule has 0 aliphatic heterocycles. The second-order valence-corrected chi connectivity index (χ2v) is 6.25. The van der Waals surface area contributed by atoms with Crippen molar-refractivity contribution in [3.05, 3.63) is 11.6 Å². The molecule has 1 fully saturated rings. The molecule has 0 spiro atoms. The summed E-state index contributed by atoms with van der Waals surface area (Å²) in [4.78, 5) is 0. The van der Waals surface area contributed by atoms with Crippen LogP contribution in [0.25, 0.3) is 0 Å². The maximum absolute atomic E-state index is 3.65. The number of hydrogen-bond donors (Lipinski definition) is 1. The van der Waals surface area contributed by atoms with Crippen molar-refractivity contribution in [2.24, 2.45) is 17.8 Å². The lowest BCUT2D eigenvalue weighted by molar-refractivity contribution is 0.203. The molecule has 0 aromatic rings. The van der Waals surface area contributed by atoms with E-state index in [4.69, 9.17) is 0 Å². The lowest BCUT2D eigenvalue weighted by atomic mass is 9.74. The molecule has 1 heteroatoms. The van der Waals surface area contributed by atoms with Crippen molar-refractivity contribution >= 4 is 0 Å².